The highest BCUT2D eigenvalue weighted by molar-refractivity contribution is 6.13. The van der Waals surface area contributed by atoms with E-state index in [9.17, 15) is 9.59 Å². The number of hydrogen-bond donors (Lipinski definition) is 0. The molecule has 24 heavy (non-hydrogen) atoms. The van der Waals surface area contributed by atoms with Gasteiger partial charge >= 0.3 is 5.97 Å². The molecular formula is C20H18O4. The van der Waals surface area contributed by atoms with Crippen molar-refractivity contribution >= 4 is 11.8 Å². The third kappa shape index (κ3) is 2.83. The summed E-state index contributed by atoms with van der Waals surface area (Å²) in [6.07, 6.45) is 0. The molecule has 1 aliphatic rings. The van der Waals surface area contributed by atoms with Gasteiger partial charge in [-0.25, -0.2) is 4.79 Å². The molecule has 0 saturated carbocycles. The van der Waals surface area contributed by atoms with E-state index < -0.39 is 5.97 Å². The number of carbonyl (C=O) groups excluding carboxylic acids is 2. The van der Waals surface area contributed by atoms with Crippen molar-refractivity contribution in [3.63, 3.8) is 0 Å². The number of fused-ring (bicyclic) bond motifs is 1. The van der Waals surface area contributed by atoms with Crippen molar-refractivity contribution in [1.82, 2.24) is 0 Å². The van der Waals surface area contributed by atoms with Crippen molar-refractivity contribution in [2.45, 2.75) is 27.7 Å². The standard InChI is InChI=1S/C20H18O4/c1-11(2)19-18(21)17-13(4)9-15(10-16(17)24-19)23-20(22)14-7-5-12(3)6-8-14/h5-10H,1-4H3. The van der Waals surface area contributed by atoms with Gasteiger partial charge in [-0.1, -0.05) is 17.7 Å². The van der Waals surface area contributed by atoms with Gasteiger partial charge in [0.15, 0.2) is 5.76 Å². The van der Waals surface area contributed by atoms with Gasteiger partial charge in [0, 0.05) is 6.07 Å². The first kappa shape index (κ1) is 16.0. The number of carbonyl (C=O) groups is 2. The Morgan fingerprint density at radius 3 is 2.33 bits per heavy atom. The van der Waals surface area contributed by atoms with Gasteiger partial charge in [-0.3, -0.25) is 4.79 Å². The van der Waals surface area contributed by atoms with Crippen molar-refractivity contribution in [2.75, 3.05) is 0 Å². The zero-order valence-corrected chi connectivity index (χ0v) is 14.1. The topological polar surface area (TPSA) is 52.6 Å². The van der Waals surface area contributed by atoms with E-state index in [-0.39, 0.29) is 5.78 Å². The minimum Gasteiger partial charge on any atom is -0.452 e. The third-order valence-corrected chi connectivity index (χ3v) is 3.87. The Morgan fingerprint density at radius 2 is 1.71 bits per heavy atom. The molecule has 0 N–H and O–H groups in total. The Balaban J connectivity index is 1.90. The van der Waals surface area contributed by atoms with Crippen molar-refractivity contribution in [3.05, 3.63) is 70.0 Å². The molecule has 0 atom stereocenters. The molecule has 4 heteroatoms. The lowest BCUT2D eigenvalue weighted by Crippen LogP contribution is -2.08. The van der Waals surface area contributed by atoms with Crippen LogP contribution < -0.4 is 9.47 Å². The largest absolute Gasteiger partial charge is 0.452 e. The van der Waals surface area contributed by atoms with Crippen molar-refractivity contribution < 1.29 is 19.1 Å². The molecule has 4 nitrogen and oxygen atoms in total. The summed E-state index contributed by atoms with van der Waals surface area (Å²) in [4.78, 5) is 24.6. The van der Waals surface area contributed by atoms with Crippen LogP contribution in [-0.2, 0) is 0 Å². The molecule has 0 unspecified atom stereocenters. The van der Waals surface area contributed by atoms with Crippen LogP contribution in [0, 0.1) is 13.8 Å². The normalized spacial score (nSPS) is 12.7. The predicted octanol–water partition coefficient (Wildman–Crippen LogP) is 4.39. The number of Topliss-reactive ketones (excluding diaryl/α,β-unsaturated/α-hetero) is 1. The Kier molecular flexibility index (Phi) is 3.97. The molecule has 0 amide bonds. The number of rotatable bonds is 2. The summed E-state index contributed by atoms with van der Waals surface area (Å²) < 4.78 is 11.1. The van der Waals surface area contributed by atoms with Crippen LogP contribution in [0.15, 0.2) is 47.7 Å². The fourth-order valence-corrected chi connectivity index (χ4v) is 2.61. The second-order valence-electron chi connectivity index (χ2n) is 6.13. The summed E-state index contributed by atoms with van der Waals surface area (Å²) in [5, 5.41) is 0. The third-order valence-electron chi connectivity index (χ3n) is 3.87. The molecule has 2 aromatic rings. The Bertz CT molecular complexity index is 869. The molecule has 1 aliphatic heterocycles. The molecule has 122 valence electrons. The molecule has 1 heterocycles. The summed E-state index contributed by atoms with van der Waals surface area (Å²) in [6.45, 7) is 7.41. The Labute approximate surface area is 140 Å². The SMILES string of the molecule is CC(C)=C1Oc2cc(OC(=O)c3ccc(C)cc3)cc(C)c2C1=O. The molecule has 3 rings (SSSR count). The zero-order chi connectivity index (χ0) is 17.4. The number of esters is 1. The van der Waals surface area contributed by atoms with E-state index in [4.69, 9.17) is 9.47 Å². The van der Waals surface area contributed by atoms with Crippen LogP contribution in [0.2, 0.25) is 0 Å². The number of hydrogen-bond acceptors (Lipinski definition) is 4. The van der Waals surface area contributed by atoms with Crippen LogP contribution >= 0.6 is 0 Å². The summed E-state index contributed by atoms with van der Waals surface area (Å²) in [7, 11) is 0. The van der Waals surface area contributed by atoms with Crippen molar-refractivity contribution in [1.29, 1.82) is 0 Å². The van der Waals surface area contributed by atoms with E-state index in [1.54, 1.807) is 31.2 Å². The highest BCUT2D eigenvalue weighted by Crippen LogP contribution is 2.37. The minimum atomic E-state index is -0.443. The lowest BCUT2D eigenvalue weighted by atomic mass is 10.0. The number of allylic oxidation sites excluding steroid dienone is 2. The predicted molar refractivity (Wildman–Crippen MR) is 90.6 cm³/mol. The average Bonchev–Trinajstić information content (AvgIpc) is 2.85. The average molecular weight is 322 g/mol. The first-order valence-corrected chi connectivity index (χ1v) is 7.70. The molecule has 0 radical (unpaired) electrons. The van der Waals surface area contributed by atoms with E-state index >= 15 is 0 Å². The maximum absolute atomic E-state index is 12.4. The molecule has 0 saturated heterocycles. The van der Waals surface area contributed by atoms with E-state index in [0.29, 0.717) is 28.4 Å². The number of ketones is 1. The highest BCUT2D eigenvalue weighted by atomic mass is 16.5. The van der Waals surface area contributed by atoms with Crippen LogP contribution in [0.4, 0.5) is 0 Å². The Morgan fingerprint density at radius 1 is 1.04 bits per heavy atom. The van der Waals surface area contributed by atoms with Crippen LogP contribution in [0.25, 0.3) is 0 Å². The van der Waals surface area contributed by atoms with Crippen molar-refractivity contribution in [2.24, 2.45) is 0 Å². The van der Waals surface area contributed by atoms with Crippen LogP contribution in [-0.4, -0.2) is 11.8 Å². The minimum absolute atomic E-state index is 0.126. The zero-order valence-electron chi connectivity index (χ0n) is 14.1. The molecule has 0 bridgehead atoms. The lowest BCUT2D eigenvalue weighted by molar-refractivity contribution is 0.0734. The highest BCUT2D eigenvalue weighted by Gasteiger charge is 2.31. The quantitative estimate of drug-likeness (QED) is 0.467. The van der Waals surface area contributed by atoms with Crippen LogP contribution in [0.5, 0.6) is 11.5 Å². The molecule has 0 fully saturated rings. The van der Waals surface area contributed by atoms with Gasteiger partial charge in [-0.2, -0.15) is 0 Å². The fraction of sp³-hybridized carbons (Fsp3) is 0.200. The molecule has 0 spiro atoms. The Hall–Kier alpha value is -2.88. The van der Waals surface area contributed by atoms with Crippen molar-refractivity contribution in [3.8, 4) is 11.5 Å². The van der Waals surface area contributed by atoms with Gasteiger partial charge in [0.25, 0.3) is 0 Å². The van der Waals surface area contributed by atoms with Gasteiger partial charge in [0.2, 0.25) is 5.78 Å². The maximum Gasteiger partial charge on any atom is 0.343 e. The first-order valence-electron chi connectivity index (χ1n) is 7.70. The number of ether oxygens (including phenoxy) is 2. The maximum atomic E-state index is 12.4. The monoisotopic (exact) mass is 322 g/mol. The number of aryl methyl sites for hydroxylation is 2. The second kappa shape index (κ2) is 5.96. The van der Waals surface area contributed by atoms with E-state index in [1.807, 2.05) is 32.9 Å². The number of benzene rings is 2. The second-order valence-corrected chi connectivity index (χ2v) is 6.13. The summed E-state index contributed by atoms with van der Waals surface area (Å²) >= 11 is 0. The van der Waals surface area contributed by atoms with E-state index in [1.165, 1.54) is 0 Å². The first-order chi connectivity index (χ1) is 11.4. The lowest BCUT2D eigenvalue weighted by Gasteiger charge is -2.08. The molecular weight excluding hydrogens is 304 g/mol. The van der Waals surface area contributed by atoms with E-state index in [2.05, 4.69) is 0 Å². The summed E-state index contributed by atoms with van der Waals surface area (Å²) in [5.74, 6) is 0.567. The fourth-order valence-electron chi connectivity index (χ4n) is 2.61. The van der Waals surface area contributed by atoms with E-state index in [0.717, 1.165) is 16.7 Å². The summed E-state index contributed by atoms with van der Waals surface area (Å²) in [6, 6.07) is 10.4. The smallest absolute Gasteiger partial charge is 0.343 e. The molecule has 0 aliphatic carbocycles. The summed E-state index contributed by atoms with van der Waals surface area (Å²) in [5.41, 5.74) is 3.61. The van der Waals surface area contributed by atoms with Gasteiger partial charge in [0.1, 0.15) is 11.5 Å². The van der Waals surface area contributed by atoms with Gasteiger partial charge in [-0.15, -0.1) is 0 Å². The van der Waals surface area contributed by atoms with Gasteiger partial charge in [-0.05, 0) is 57.0 Å². The van der Waals surface area contributed by atoms with Gasteiger partial charge < -0.3 is 9.47 Å². The molecule has 2 aromatic carbocycles. The van der Waals surface area contributed by atoms with Crippen LogP contribution in [0.1, 0.15) is 45.7 Å². The van der Waals surface area contributed by atoms with Crippen LogP contribution in [0.3, 0.4) is 0 Å². The van der Waals surface area contributed by atoms with Gasteiger partial charge in [0.05, 0.1) is 11.1 Å². The molecule has 0 aromatic heterocycles.